The first-order chi connectivity index (χ1) is 11.2. The van der Waals surface area contributed by atoms with E-state index in [1.165, 1.54) is 0 Å². The van der Waals surface area contributed by atoms with Gasteiger partial charge in [0.2, 0.25) is 0 Å². The fraction of sp³-hybridized carbons (Fsp3) is 1.00. The van der Waals surface area contributed by atoms with Crippen LogP contribution in [0.4, 0.5) is 4.39 Å². The van der Waals surface area contributed by atoms with Crippen molar-refractivity contribution in [1.82, 2.24) is 0 Å². The van der Waals surface area contributed by atoms with E-state index in [4.69, 9.17) is 14.2 Å². The molecule has 0 amide bonds. The third-order valence-corrected chi connectivity index (χ3v) is 4.15. The minimum absolute atomic E-state index is 1.08. The van der Waals surface area contributed by atoms with Gasteiger partial charge in [-0.2, -0.15) is 0 Å². The van der Waals surface area contributed by atoms with Gasteiger partial charge in [0.15, 0.2) is 24.5 Å². The summed E-state index contributed by atoms with van der Waals surface area (Å²) in [5.41, 5.74) is -2.30. The number of alkyl halides is 1. The second-order valence-corrected chi connectivity index (χ2v) is 5.77. The van der Waals surface area contributed by atoms with E-state index in [1.54, 1.807) is 0 Å². The Kier molecular flexibility index (Phi) is 6.10. The van der Waals surface area contributed by atoms with Crippen molar-refractivity contribution in [2.45, 2.75) is 61.1 Å². The minimum atomic E-state index is -2.30. The van der Waals surface area contributed by atoms with Crippen LogP contribution in [-0.4, -0.2) is 115 Å². The second-order valence-electron chi connectivity index (χ2n) is 5.77. The van der Waals surface area contributed by atoms with Crippen LogP contribution >= 0.6 is 0 Å². The summed E-state index contributed by atoms with van der Waals surface area (Å²) >= 11 is 0. The number of aliphatic hydroxyl groups is 8. The van der Waals surface area contributed by atoms with Gasteiger partial charge in [-0.1, -0.05) is 0 Å². The molecular weight excluding hydrogens is 339 g/mol. The fourth-order valence-corrected chi connectivity index (χ4v) is 2.60. The van der Waals surface area contributed by atoms with Crippen molar-refractivity contribution in [3.05, 3.63) is 0 Å². The number of hydrogen-bond donors (Lipinski definition) is 8. The molecule has 0 aromatic carbocycles. The van der Waals surface area contributed by atoms with Crippen molar-refractivity contribution < 1.29 is 59.5 Å². The standard InChI is InChI=1S/C12H21FO11/c13-1-12(2-14)8(4(16)6(18)10(21)24-12)22-11-7(19)3(15)5(17)9(20)23-11/h3-11,14-21H,1-2H2/t3-,4-,5-,6+,7+,8-,9-,10+,11+,12+/m0/s1. The Morgan fingerprint density at radius 2 is 1.42 bits per heavy atom. The van der Waals surface area contributed by atoms with E-state index in [9.17, 15) is 45.2 Å². The average molecular weight is 360 g/mol. The van der Waals surface area contributed by atoms with Crippen molar-refractivity contribution in [3.8, 4) is 0 Å². The van der Waals surface area contributed by atoms with Gasteiger partial charge in [0, 0.05) is 0 Å². The van der Waals surface area contributed by atoms with Crippen molar-refractivity contribution in [3.63, 3.8) is 0 Å². The van der Waals surface area contributed by atoms with E-state index in [0.717, 1.165) is 0 Å². The van der Waals surface area contributed by atoms with Crippen molar-refractivity contribution in [2.24, 2.45) is 0 Å². The number of hydrogen-bond acceptors (Lipinski definition) is 11. The SMILES string of the molecule is OC[C@@]1(CF)O[C@@H](O)[C@H](O)[C@H](O)[C@@H]1O[C@@H]1O[C@H](O)[C@@H](O)[C@H](O)[C@H]1O. The molecule has 2 heterocycles. The Balaban J connectivity index is 2.23. The van der Waals surface area contributed by atoms with Crippen LogP contribution in [0.3, 0.4) is 0 Å². The van der Waals surface area contributed by atoms with Gasteiger partial charge >= 0.3 is 0 Å². The quantitative estimate of drug-likeness (QED) is 0.239. The first-order valence-electron chi connectivity index (χ1n) is 7.10. The van der Waals surface area contributed by atoms with Gasteiger partial charge in [-0.3, -0.25) is 0 Å². The zero-order valence-corrected chi connectivity index (χ0v) is 12.3. The van der Waals surface area contributed by atoms with E-state index in [0.29, 0.717) is 0 Å². The molecule has 0 aromatic heterocycles. The topological polar surface area (TPSA) is 190 Å². The largest absolute Gasteiger partial charge is 0.393 e. The Bertz CT molecular complexity index is 422. The van der Waals surface area contributed by atoms with Crippen LogP contribution in [-0.2, 0) is 14.2 Å². The first-order valence-corrected chi connectivity index (χ1v) is 7.10. The van der Waals surface area contributed by atoms with Crippen molar-refractivity contribution >= 4 is 0 Å². The van der Waals surface area contributed by atoms with Gasteiger partial charge in [-0.15, -0.1) is 0 Å². The number of aliphatic hydroxyl groups excluding tert-OH is 8. The highest BCUT2D eigenvalue weighted by Gasteiger charge is 2.57. The maximum Gasteiger partial charge on any atom is 0.189 e. The summed E-state index contributed by atoms with van der Waals surface area (Å²) < 4.78 is 28.1. The molecule has 0 unspecified atom stereocenters. The molecule has 142 valence electrons. The van der Waals surface area contributed by atoms with Crippen LogP contribution in [0, 0.1) is 0 Å². The Hall–Kier alpha value is -0.510. The lowest BCUT2D eigenvalue weighted by Gasteiger charge is -2.49. The van der Waals surface area contributed by atoms with Crippen molar-refractivity contribution in [1.29, 1.82) is 0 Å². The van der Waals surface area contributed by atoms with E-state index >= 15 is 0 Å². The molecule has 2 saturated heterocycles. The van der Waals surface area contributed by atoms with Crippen molar-refractivity contribution in [2.75, 3.05) is 13.3 Å². The summed E-state index contributed by atoms with van der Waals surface area (Å²) in [5.74, 6) is 0. The number of halogens is 1. The molecule has 2 rings (SSSR count). The van der Waals surface area contributed by atoms with Crippen LogP contribution in [0.25, 0.3) is 0 Å². The molecule has 11 nitrogen and oxygen atoms in total. The predicted molar refractivity (Wildman–Crippen MR) is 68.7 cm³/mol. The van der Waals surface area contributed by atoms with Gasteiger partial charge in [0.05, 0.1) is 6.61 Å². The van der Waals surface area contributed by atoms with E-state index in [1.807, 2.05) is 0 Å². The Labute approximate surface area is 135 Å². The third-order valence-electron chi connectivity index (χ3n) is 4.15. The zero-order valence-electron chi connectivity index (χ0n) is 12.3. The number of ether oxygens (including phenoxy) is 3. The lowest BCUT2D eigenvalue weighted by molar-refractivity contribution is -0.393. The molecular formula is C12H21FO11. The van der Waals surface area contributed by atoms with E-state index in [-0.39, 0.29) is 0 Å². The fourth-order valence-electron chi connectivity index (χ4n) is 2.60. The highest BCUT2D eigenvalue weighted by atomic mass is 19.1. The molecule has 0 aromatic rings. The Morgan fingerprint density at radius 1 is 0.833 bits per heavy atom. The molecule has 8 N–H and O–H groups in total. The maximum absolute atomic E-state index is 13.4. The lowest BCUT2D eigenvalue weighted by atomic mass is 9.87. The summed E-state index contributed by atoms with van der Waals surface area (Å²) in [5, 5.41) is 76.7. The smallest absolute Gasteiger partial charge is 0.189 e. The van der Waals surface area contributed by atoms with Gasteiger partial charge in [0.1, 0.15) is 43.3 Å². The zero-order chi connectivity index (χ0) is 18.2. The molecule has 0 radical (unpaired) electrons. The normalized spacial score (nSPS) is 53.1. The first kappa shape index (κ1) is 19.8. The molecule has 2 fully saturated rings. The van der Waals surface area contributed by atoms with Crippen LogP contribution in [0.5, 0.6) is 0 Å². The number of rotatable bonds is 4. The summed E-state index contributed by atoms with van der Waals surface area (Å²) in [7, 11) is 0. The second kappa shape index (κ2) is 7.39. The molecule has 2 aliphatic heterocycles. The third kappa shape index (κ3) is 3.27. The van der Waals surface area contributed by atoms with E-state index < -0.39 is 74.4 Å². The average Bonchev–Trinajstić information content (AvgIpc) is 2.57. The molecule has 0 aliphatic carbocycles. The monoisotopic (exact) mass is 360 g/mol. The molecule has 10 atom stereocenters. The maximum atomic E-state index is 13.4. The molecule has 2 aliphatic rings. The molecule has 0 saturated carbocycles. The van der Waals surface area contributed by atoms with Crippen LogP contribution in [0.1, 0.15) is 0 Å². The van der Waals surface area contributed by atoms with E-state index in [2.05, 4.69) is 0 Å². The molecule has 0 spiro atoms. The summed E-state index contributed by atoms with van der Waals surface area (Å²) in [4.78, 5) is 0. The van der Waals surface area contributed by atoms with Gasteiger partial charge in [-0.25, -0.2) is 4.39 Å². The summed E-state index contributed by atoms with van der Waals surface area (Å²) in [6, 6.07) is 0. The predicted octanol–water partition coefficient (Wildman–Crippen LogP) is -5.10. The summed E-state index contributed by atoms with van der Waals surface area (Å²) in [6.07, 6.45) is -17.2. The van der Waals surface area contributed by atoms with Gasteiger partial charge < -0.3 is 55.1 Å². The Morgan fingerprint density at radius 3 is 1.96 bits per heavy atom. The lowest BCUT2D eigenvalue weighted by Crippen LogP contribution is -2.69. The molecule has 0 bridgehead atoms. The van der Waals surface area contributed by atoms with Crippen LogP contribution < -0.4 is 0 Å². The van der Waals surface area contributed by atoms with Crippen LogP contribution in [0.15, 0.2) is 0 Å². The molecule has 24 heavy (non-hydrogen) atoms. The highest BCUT2D eigenvalue weighted by Crippen LogP contribution is 2.34. The van der Waals surface area contributed by atoms with Gasteiger partial charge in [0.25, 0.3) is 0 Å². The van der Waals surface area contributed by atoms with Crippen LogP contribution in [0.2, 0.25) is 0 Å². The minimum Gasteiger partial charge on any atom is -0.393 e. The highest BCUT2D eigenvalue weighted by molar-refractivity contribution is 5.01. The van der Waals surface area contributed by atoms with Gasteiger partial charge in [-0.05, 0) is 0 Å². The molecule has 12 heteroatoms. The summed E-state index contributed by atoms with van der Waals surface area (Å²) in [6.45, 7) is -2.53.